The molecular weight excluding hydrogens is 297 g/mol. The number of nitrogens with one attached hydrogen (secondary N) is 1. The Kier molecular flexibility index (Phi) is 3.81. The number of hydrogen-bond acceptors (Lipinski definition) is 4. The summed E-state index contributed by atoms with van der Waals surface area (Å²) in [6.07, 6.45) is 0. The van der Waals surface area contributed by atoms with Crippen LogP contribution in [0.2, 0.25) is 0 Å². The molecule has 0 saturated heterocycles. The van der Waals surface area contributed by atoms with Gasteiger partial charge in [-0.1, -0.05) is 0 Å². The van der Waals surface area contributed by atoms with Crippen molar-refractivity contribution >= 4 is 27.3 Å². The van der Waals surface area contributed by atoms with Gasteiger partial charge < -0.3 is 11.5 Å². The molecule has 0 aliphatic heterocycles. The Morgan fingerprint density at radius 2 is 1.71 bits per heavy atom. The number of benzene rings is 2. The largest absolute Gasteiger partial charge is 0.398 e. The molecule has 0 aliphatic rings. The van der Waals surface area contributed by atoms with Crippen molar-refractivity contribution in [3.63, 3.8) is 0 Å². The second-order valence-corrected chi connectivity index (χ2v) is 5.88. The Balaban J connectivity index is 2.33. The molecule has 2 rings (SSSR count). The lowest BCUT2D eigenvalue weighted by Crippen LogP contribution is -2.15. The molecule has 0 spiro atoms. The fraction of sp³-hybridized carbons (Fsp3) is 0. The summed E-state index contributed by atoms with van der Waals surface area (Å²) in [5.41, 5.74) is 11.0. The number of nitrogens with two attached hydrogens (primary N) is 2. The predicted molar refractivity (Wildman–Crippen MR) is 76.6 cm³/mol. The standard InChI is InChI=1S/C13H12FN3O3S/c14-9-3-6-11(15)12(7-9)21(19,20)17-10-4-1-8(2-5-10)13(16)18/h1-7,17H,15H2,(H2,16,18). The van der Waals surface area contributed by atoms with Gasteiger partial charge in [0.1, 0.15) is 10.7 Å². The van der Waals surface area contributed by atoms with E-state index in [2.05, 4.69) is 4.72 Å². The van der Waals surface area contributed by atoms with Crippen LogP contribution in [-0.2, 0) is 10.0 Å². The zero-order valence-electron chi connectivity index (χ0n) is 10.7. The van der Waals surface area contributed by atoms with Crippen LogP contribution in [0.5, 0.6) is 0 Å². The van der Waals surface area contributed by atoms with Gasteiger partial charge in [0.25, 0.3) is 10.0 Å². The smallest absolute Gasteiger partial charge is 0.264 e. The van der Waals surface area contributed by atoms with Crippen molar-refractivity contribution in [3.8, 4) is 0 Å². The first-order valence-electron chi connectivity index (χ1n) is 5.77. The van der Waals surface area contributed by atoms with Gasteiger partial charge in [-0.25, -0.2) is 12.8 Å². The minimum Gasteiger partial charge on any atom is -0.398 e. The van der Waals surface area contributed by atoms with Gasteiger partial charge in [0.05, 0.1) is 5.69 Å². The quantitative estimate of drug-likeness (QED) is 0.738. The zero-order chi connectivity index (χ0) is 15.6. The number of amides is 1. The van der Waals surface area contributed by atoms with Crippen LogP contribution in [0, 0.1) is 5.82 Å². The summed E-state index contributed by atoms with van der Waals surface area (Å²) in [7, 11) is -4.03. The maximum absolute atomic E-state index is 13.2. The third kappa shape index (κ3) is 3.29. The third-order valence-electron chi connectivity index (χ3n) is 2.69. The number of carbonyl (C=O) groups excluding carboxylic acids is 1. The molecule has 2 aromatic rings. The van der Waals surface area contributed by atoms with Gasteiger partial charge in [-0.2, -0.15) is 0 Å². The summed E-state index contributed by atoms with van der Waals surface area (Å²) >= 11 is 0. The van der Waals surface area contributed by atoms with Crippen molar-refractivity contribution < 1.29 is 17.6 Å². The summed E-state index contributed by atoms with van der Waals surface area (Å²) < 4.78 is 39.7. The molecule has 21 heavy (non-hydrogen) atoms. The molecule has 0 unspecified atom stereocenters. The van der Waals surface area contributed by atoms with Crippen LogP contribution in [0.1, 0.15) is 10.4 Å². The van der Waals surface area contributed by atoms with E-state index in [0.29, 0.717) is 0 Å². The van der Waals surface area contributed by atoms with Gasteiger partial charge in [0.2, 0.25) is 5.91 Å². The number of primary amides is 1. The van der Waals surface area contributed by atoms with Crippen molar-refractivity contribution in [2.45, 2.75) is 4.90 Å². The molecule has 0 heterocycles. The Bertz CT molecular complexity index is 789. The molecule has 0 aliphatic carbocycles. The summed E-state index contributed by atoms with van der Waals surface area (Å²) in [5.74, 6) is -1.34. The van der Waals surface area contributed by atoms with Crippen LogP contribution in [0.25, 0.3) is 0 Å². The Hall–Kier alpha value is -2.61. The summed E-state index contributed by atoms with van der Waals surface area (Å²) in [4.78, 5) is 10.6. The normalized spacial score (nSPS) is 11.1. The molecule has 1 amide bonds. The van der Waals surface area contributed by atoms with Crippen LogP contribution in [0.3, 0.4) is 0 Å². The lowest BCUT2D eigenvalue weighted by atomic mass is 10.2. The van der Waals surface area contributed by atoms with Gasteiger partial charge in [-0.05, 0) is 42.5 Å². The second-order valence-electron chi connectivity index (χ2n) is 4.23. The van der Waals surface area contributed by atoms with Crippen molar-refractivity contribution in [2.24, 2.45) is 5.73 Å². The van der Waals surface area contributed by atoms with Gasteiger partial charge >= 0.3 is 0 Å². The summed E-state index contributed by atoms with van der Waals surface area (Å²) in [5, 5.41) is 0. The average Bonchev–Trinajstić information content (AvgIpc) is 2.41. The molecule has 2 aromatic carbocycles. The van der Waals surface area contributed by atoms with Gasteiger partial charge in [-0.3, -0.25) is 9.52 Å². The van der Waals surface area contributed by atoms with Crippen molar-refractivity contribution in [1.82, 2.24) is 0 Å². The number of anilines is 2. The number of halogens is 1. The van der Waals surface area contributed by atoms with Crippen molar-refractivity contribution in [2.75, 3.05) is 10.5 Å². The van der Waals surface area contributed by atoms with Gasteiger partial charge in [-0.15, -0.1) is 0 Å². The molecule has 8 heteroatoms. The molecule has 0 aromatic heterocycles. The Labute approximate surface area is 120 Å². The van der Waals surface area contributed by atoms with E-state index < -0.39 is 21.7 Å². The van der Waals surface area contributed by atoms with E-state index in [-0.39, 0.29) is 21.8 Å². The number of carbonyl (C=O) groups is 1. The lowest BCUT2D eigenvalue weighted by molar-refractivity contribution is 0.100. The highest BCUT2D eigenvalue weighted by Gasteiger charge is 2.18. The highest BCUT2D eigenvalue weighted by molar-refractivity contribution is 7.92. The van der Waals surface area contributed by atoms with Crippen LogP contribution in [0.4, 0.5) is 15.8 Å². The maximum Gasteiger partial charge on any atom is 0.264 e. The van der Waals surface area contributed by atoms with E-state index in [4.69, 9.17) is 11.5 Å². The number of hydrogen-bond donors (Lipinski definition) is 3. The molecule has 6 nitrogen and oxygen atoms in total. The SMILES string of the molecule is NC(=O)c1ccc(NS(=O)(=O)c2cc(F)ccc2N)cc1. The van der Waals surface area contributed by atoms with E-state index in [1.807, 2.05) is 0 Å². The van der Waals surface area contributed by atoms with Gasteiger partial charge in [0.15, 0.2) is 0 Å². The molecule has 0 bridgehead atoms. The molecule has 0 atom stereocenters. The molecule has 0 fully saturated rings. The molecule has 110 valence electrons. The molecular formula is C13H12FN3O3S. The van der Waals surface area contributed by atoms with E-state index in [9.17, 15) is 17.6 Å². The first-order valence-corrected chi connectivity index (χ1v) is 7.25. The Morgan fingerprint density at radius 1 is 1.10 bits per heavy atom. The van der Waals surface area contributed by atoms with Crippen LogP contribution in [0.15, 0.2) is 47.4 Å². The fourth-order valence-corrected chi connectivity index (χ4v) is 2.86. The van der Waals surface area contributed by atoms with Crippen LogP contribution < -0.4 is 16.2 Å². The molecule has 5 N–H and O–H groups in total. The fourth-order valence-electron chi connectivity index (χ4n) is 1.65. The predicted octanol–water partition coefficient (Wildman–Crippen LogP) is 1.31. The monoisotopic (exact) mass is 309 g/mol. The molecule has 0 saturated carbocycles. The average molecular weight is 309 g/mol. The Morgan fingerprint density at radius 3 is 2.29 bits per heavy atom. The van der Waals surface area contributed by atoms with Crippen LogP contribution in [-0.4, -0.2) is 14.3 Å². The minimum absolute atomic E-state index is 0.0716. The van der Waals surface area contributed by atoms with E-state index in [1.165, 1.54) is 30.3 Å². The number of sulfonamides is 1. The number of nitrogen functional groups attached to an aromatic ring is 1. The highest BCUT2D eigenvalue weighted by Crippen LogP contribution is 2.22. The van der Waals surface area contributed by atoms with Gasteiger partial charge in [0, 0.05) is 11.3 Å². The second kappa shape index (κ2) is 5.41. The summed E-state index contributed by atoms with van der Waals surface area (Å²) in [6, 6.07) is 8.54. The van der Waals surface area contributed by atoms with E-state index in [1.54, 1.807) is 0 Å². The van der Waals surface area contributed by atoms with Crippen molar-refractivity contribution in [1.29, 1.82) is 0 Å². The first kappa shape index (κ1) is 14.8. The minimum atomic E-state index is -4.03. The van der Waals surface area contributed by atoms with Crippen LogP contribution >= 0.6 is 0 Å². The number of rotatable bonds is 4. The lowest BCUT2D eigenvalue weighted by Gasteiger charge is -2.10. The summed E-state index contributed by atoms with van der Waals surface area (Å²) in [6.45, 7) is 0. The first-order chi connectivity index (χ1) is 9.79. The maximum atomic E-state index is 13.2. The zero-order valence-corrected chi connectivity index (χ0v) is 11.5. The third-order valence-corrected chi connectivity index (χ3v) is 4.12. The van der Waals surface area contributed by atoms with Crippen molar-refractivity contribution in [3.05, 3.63) is 53.8 Å². The van der Waals surface area contributed by atoms with E-state index >= 15 is 0 Å². The highest BCUT2D eigenvalue weighted by atomic mass is 32.2. The topological polar surface area (TPSA) is 115 Å². The molecule has 0 radical (unpaired) electrons. The van der Waals surface area contributed by atoms with E-state index in [0.717, 1.165) is 12.1 Å².